The van der Waals surface area contributed by atoms with E-state index in [1.54, 1.807) is 13.2 Å². The van der Waals surface area contributed by atoms with Crippen LogP contribution in [0, 0.1) is 5.82 Å². The standard InChI is InChI=1S/C13H13FN2O/c1-17-13-4-2-11(3-5-13)16-12-7-9(14)6-10(15)8-12/h2-8,16H,15H2,1H3. The van der Waals surface area contributed by atoms with Crippen LogP contribution >= 0.6 is 0 Å². The molecule has 0 saturated heterocycles. The molecule has 0 atom stereocenters. The van der Waals surface area contributed by atoms with Gasteiger partial charge in [0.1, 0.15) is 11.6 Å². The number of benzene rings is 2. The molecule has 0 unspecified atom stereocenters. The summed E-state index contributed by atoms with van der Waals surface area (Å²) >= 11 is 0. The molecule has 0 aromatic heterocycles. The van der Waals surface area contributed by atoms with Gasteiger partial charge in [0.2, 0.25) is 0 Å². The Kier molecular flexibility index (Phi) is 3.14. The lowest BCUT2D eigenvalue weighted by molar-refractivity contribution is 0.415. The van der Waals surface area contributed by atoms with Gasteiger partial charge in [0.25, 0.3) is 0 Å². The first-order chi connectivity index (χ1) is 8.17. The van der Waals surface area contributed by atoms with E-state index in [1.807, 2.05) is 24.3 Å². The number of anilines is 3. The fourth-order valence-corrected chi connectivity index (χ4v) is 1.53. The molecule has 17 heavy (non-hydrogen) atoms. The Morgan fingerprint density at radius 1 is 1.06 bits per heavy atom. The highest BCUT2D eigenvalue weighted by atomic mass is 19.1. The summed E-state index contributed by atoms with van der Waals surface area (Å²) in [6, 6.07) is 11.7. The molecule has 0 aliphatic carbocycles. The van der Waals surface area contributed by atoms with Crippen LogP contribution in [0.3, 0.4) is 0 Å². The highest BCUT2D eigenvalue weighted by Crippen LogP contribution is 2.22. The molecule has 0 fully saturated rings. The molecule has 4 heteroatoms. The maximum Gasteiger partial charge on any atom is 0.127 e. The lowest BCUT2D eigenvalue weighted by Gasteiger charge is -2.08. The van der Waals surface area contributed by atoms with Gasteiger partial charge in [-0.2, -0.15) is 0 Å². The SMILES string of the molecule is COc1ccc(Nc2cc(N)cc(F)c2)cc1. The van der Waals surface area contributed by atoms with E-state index < -0.39 is 0 Å². The van der Waals surface area contributed by atoms with Crippen molar-refractivity contribution in [3.63, 3.8) is 0 Å². The van der Waals surface area contributed by atoms with Gasteiger partial charge in [-0.05, 0) is 42.5 Å². The van der Waals surface area contributed by atoms with Gasteiger partial charge < -0.3 is 15.8 Å². The molecule has 0 bridgehead atoms. The summed E-state index contributed by atoms with van der Waals surface area (Å²) < 4.78 is 18.2. The van der Waals surface area contributed by atoms with E-state index in [4.69, 9.17) is 10.5 Å². The second-order valence-electron chi connectivity index (χ2n) is 3.63. The largest absolute Gasteiger partial charge is 0.497 e. The Balaban J connectivity index is 2.19. The first-order valence-corrected chi connectivity index (χ1v) is 5.14. The minimum atomic E-state index is -0.360. The molecule has 3 nitrogen and oxygen atoms in total. The van der Waals surface area contributed by atoms with E-state index in [2.05, 4.69) is 5.32 Å². The van der Waals surface area contributed by atoms with E-state index in [1.165, 1.54) is 12.1 Å². The van der Waals surface area contributed by atoms with Crippen LogP contribution in [-0.4, -0.2) is 7.11 Å². The molecule has 2 aromatic rings. The summed E-state index contributed by atoms with van der Waals surface area (Å²) in [7, 11) is 1.61. The number of nitrogens with two attached hydrogens (primary N) is 1. The average molecular weight is 232 g/mol. The minimum absolute atomic E-state index is 0.360. The number of methoxy groups -OCH3 is 1. The Hall–Kier alpha value is -2.23. The Labute approximate surface area is 99.0 Å². The molecule has 3 N–H and O–H groups in total. The molecule has 2 rings (SSSR count). The number of hydrogen-bond acceptors (Lipinski definition) is 3. The van der Waals surface area contributed by atoms with Gasteiger partial charge in [0.05, 0.1) is 7.11 Å². The summed E-state index contributed by atoms with van der Waals surface area (Å²) in [4.78, 5) is 0. The second-order valence-corrected chi connectivity index (χ2v) is 3.63. The number of nitrogens with one attached hydrogen (secondary N) is 1. The highest BCUT2D eigenvalue weighted by molar-refractivity contribution is 5.64. The summed E-state index contributed by atoms with van der Waals surface area (Å²) in [6.45, 7) is 0. The quantitative estimate of drug-likeness (QED) is 0.799. The van der Waals surface area contributed by atoms with Crippen LogP contribution in [0.5, 0.6) is 5.75 Å². The predicted molar refractivity (Wildman–Crippen MR) is 67.1 cm³/mol. The van der Waals surface area contributed by atoms with E-state index in [0.29, 0.717) is 11.4 Å². The van der Waals surface area contributed by atoms with Crippen molar-refractivity contribution >= 4 is 17.1 Å². The Morgan fingerprint density at radius 2 is 1.76 bits per heavy atom. The smallest absolute Gasteiger partial charge is 0.127 e. The van der Waals surface area contributed by atoms with Crippen LogP contribution in [0.15, 0.2) is 42.5 Å². The molecule has 0 aliphatic heterocycles. The van der Waals surface area contributed by atoms with E-state index in [-0.39, 0.29) is 5.82 Å². The molecule has 0 heterocycles. The number of ether oxygens (including phenoxy) is 1. The fourth-order valence-electron chi connectivity index (χ4n) is 1.53. The van der Waals surface area contributed by atoms with Crippen molar-refractivity contribution in [3.05, 3.63) is 48.3 Å². The summed E-state index contributed by atoms with van der Waals surface area (Å²) in [5, 5.41) is 3.06. The molecular weight excluding hydrogens is 219 g/mol. The number of rotatable bonds is 3. The third kappa shape index (κ3) is 2.87. The van der Waals surface area contributed by atoms with Gasteiger partial charge in [0, 0.05) is 17.1 Å². The molecule has 0 spiro atoms. The van der Waals surface area contributed by atoms with Crippen LogP contribution < -0.4 is 15.8 Å². The van der Waals surface area contributed by atoms with Gasteiger partial charge >= 0.3 is 0 Å². The molecule has 0 amide bonds. The number of halogens is 1. The third-order valence-corrected chi connectivity index (χ3v) is 2.30. The van der Waals surface area contributed by atoms with Crippen molar-refractivity contribution in [2.75, 3.05) is 18.2 Å². The van der Waals surface area contributed by atoms with Crippen molar-refractivity contribution < 1.29 is 9.13 Å². The van der Waals surface area contributed by atoms with Gasteiger partial charge in [-0.15, -0.1) is 0 Å². The van der Waals surface area contributed by atoms with Crippen molar-refractivity contribution in [2.45, 2.75) is 0 Å². The summed E-state index contributed by atoms with van der Waals surface area (Å²) in [5.41, 5.74) is 7.41. The highest BCUT2D eigenvalue weighted by Gasteiger charge is 1.99. The molecule has 0 aliphatic rings. The van der Waals surface area contributed by atoms with Crippen molar-refractivity contribution in [2.24, 2.45) is 0 Å². The maximum atomic E-state index is 13.1. The first kappa shape index (κ1) is 11.3. The molecule has 2 aromatic carbocycles. The molecule has 88 valence electrons. The van der Waals surface area contributed by atoms with Gasteiger partial charge in [-0.1, -0.05) is 0 Å². The first-order valence-electron chi connectivity index (χ1n) is 5.14. The van der Waals surface area contributed by atoms with Gasteiger partial charge in [0.15, 0.2) is 0 Å². The number of hydrogen-bond donors (Lipinski definition) is 2. The van der Waals surface area contributed by atoms with Gasteiger partial charge in [-0.3, -0.25) is 0 Å². The van der Waals surface area contributed by atoms with E-state index in [0.717, 1.165) is 11.4 Å². The average Bonchev–Trinajstić information content (AvgIpc) is 2.28. The molecular formula is C13H13FN2O. The lowest BCUT2D eigenvalue weighted by Crippen LogP contribution is -1.94. The van der Waals surface area contributed by atoms with Crippen LogP contribution in [0.25, 0.3) is 0 Å². The third-order valence-electron chi connectivity index (χ3n) is 2.30. The van der Waals surface area contributed by atoms with Crippen molar-refractivity contribution in [3.8, 4) is 5.75 Å². The second kappa shape index (κ2) is 4.74. The van der Waals surface area contributed by atoms with Crippen molar-refractivity contribution in [1.29, 1.82) is 0 Å². The van der Waals surface area contributed by atoms with Crippen molar-refractivity contribution in [1.82, 2.24) is 0 Å². The predicted octanol–water partition coefficient (Wildman–Crippen LogP) is 3.16. The molecule has 0 saturated carbocycles. The lowest BCUT2D eigenvalue weighted by atomic mass is 10.2. The van der Waals surface area contributed by atoms with Gasteiger partial charge in [-0.25, -0.2) is 4.39 Å². The minimum Gasteiger partial charge on any atom is -0.497 e. The summed E-state index contributed by atoms with van der Waals surface area (Å²) in [6.07, 6.45) is 0. The monoisotopic (exact) mass is 232 g/mol. The topological polar surface area (TPSA) is 47.3 Å². The maximum absolute atomic E-state index is 13.1. The van der Waals surface area contributed by atoms with E-state index in [9.17, 15) is 4.39 Å². The van der Waals surface area contributed by atoms with E-state index >= 15 is 0 Å². The van der Waals surface area contributed by atoms with Crippen LogP contribution in [0.1, 0.15) is 0 Å². The Morgan fingerprint density at radius 3 is 2.35 bits per heavy atom. The van der Waals surface area contributed by atoms with Crippen LogP contribution in [-0.2, 0) is 0 Å². The van der Waals surface area contributed by atoms with Crippen LogP contribution in [0.4, 0.5) is 21.5 Å². The number of nitrogen functional groups attached to an aromatic ring is 1. The summed E-state index contributed by atoms with van der Waals surface area (Å²) in [5.74, 6) is 0.412. The fraction of sp³-hybridized carbons (Fsp3) is 0.0769. The van der Waals surface area contributed by atoms with Crippen LogP contribution in [0.2, 0.25) is 0 Å². The zero-order valence-corrected chi connectivity index (χ0v) is 9.41. The Bertz CT molecular complexity index is 491. The normalized spacial score (nSPS) is 10.0. The zero-order valence-electron chi connectivity index (χ0n) is 9.41. The molecule has 0 radical (unpaired) electrons. The zero-order chi connectivity index (χ0) is 12.3.